The zero-order chi connectivity index (χ0) is 11.5. The Labute approximate surface area is 103 Å². The molecule has 1 aromatic rings. The zero-order valence-electron chi connectivity index (χ0n) is 10.0. The molecule has 1 fully saturated rings. The van der Waals surface area contributed by atoms with E-state index in [0.717, 1.165) is 5.56 Å². The highest BCUT2D eigenvalue weighted by Crippen LogP contribution is 2.32. The molecule has 3 heteroatoms. The van der Waals surface area contributed by atoms with Gasteiger partial charge in [0.25, 0.3) is 0 Å². The molecule has 0 N–H and O–H groups in total. The fourth-order valence-corrected chi connectivity index (χ4v) is 2.62. The maximum atomic E-state index is 5.96. The first-order chi connectivity index (χ1) is 7.72. The van der Waals surface area contributed by atoms with Gasteiger partial charge in [0.2, 0.25) is 0 Å². The van der Waals surface area contributed by atoms with E-state index in [1.165, 1.54) is 37.9 Å². The number of halogens is 1. The molecule has 0 amide bonds. The van der Waals surface area contributed by atoms with E-state index in [4.69, 9.17) is 11.6 Å². The molecule has 0 aromatic carbocycles. The molecule has 0 saturated carbocycles. The molecule has 1 aliphatic heterocycles. The smallest absolute Gasteiger partial charge is 0.131 e. The van der Waals surface area contributed by atoms with Crippen LogP contribution >= 0.6 is 11.6 Å². The van der Waals surface area contributed by atoms with Gasteiger partial charge >= 0.3 is 0 Å². The number of nitrogens with zero attached hydrogens (tertiary/aromatic N) is 2. The summed E-state index contributed by atoms with van der Waals surface area (Å²) >= 11 is 5.96. The lowest BCUT2D eigenvalue weighted by Gasteiger charge is -2.24. The van der Waals surface area contributed by atoms with Crippen LogP contribution in [0.15, 0.2) is 12.3 Å². The van der Waals surface area contributed by atoms with Crippen LogP contribution in [0.3, 0.4) is 0 Å². The predicted octanol–water partition coefficient (Wildman–Crippen LogP) is 3.59. The van der Waals surface area contributed by atoms with E-state index in [9.17, 15) is 0 Å². The van der Waals surface area contributed by atoms with Crippen molar-refractivity contribution in [2.75, 3.05) is 13.1 Å². The van der Waals surface area contributed by atoms with Gasteiger partial charge in [-0.2, -0.15) is 0 Å². The quantitative estimate of drug-likeness (QED) is 0.749. The average molecular weight is 239 g/mol. The topological polar surface area (TPSA) is 16.1 Å². The van der Waals surface area contributed by atoms with Gasteiger partial charge in [-0.25, -0.2) is 4.98 Å². The van der Waals surface area contributed by atoms with Crippen LogP contribution in [-0.4, -0.2) is 23.0 Å². The van der Waals surface area contributed by atoms with E-state index in [0.29, 0.717) is 11.2 Å². The van der Waals surface area contributed by atoms with Gasteiger partial charge in [0.05, 0.1) is 0 Å². The lowest BCUT2D eigenvalue weighted by Crippen LogP contribution is -2.24. The molecule has 1 saturated heterocycles. The second-order valence-corrected chi connectivity index (χ2v) is 4.93. The van der Waals surface area contributed by atoms with E-state index in [1.54, 1.807) is 0 Å². The van der Waals surface area contributed by atoms with Crippen molar-refractivity contribution in [2.45, 2.75) is 39.2 Å². The van der Waals surface area contributed by atoms with Crippen molar-refractivity contribution in [2.24, 2.45) is 0 Å². The molecular formula is C13H19ClN2. The highest BCUT2D eigenvalue weighted by Gasteiger charge is 2.25. The highest BCUT2D eigenvalue weighted by molar-refractivity contribution is 6.30. The summed E-state index contributed by atoms with van der Waals surface area (Å²) in [6.07, 6.45) is 5.71. The largest absolute Gasteiger partial charge is 0.296 e. The van der Waals surface area contributed by atoms with Gasteiger partial charge in [-0.15, -0.1) is 0 Å². The first-order valence-corrected chi connectivity index (χ1v) is 6.46. The van der Waals surface area contributed by atoms with Crippen molar-refractivity contribution in [3.05, 3.63) is 28.5 Å². The minimum absolute atomic E-state index is 0.559. The molecule has 2 heterocycles. The summed E-state index contributed by atoms with van der Waals surface area (Å²) in [5, 5.41) is 0.629. The Hall–Kier alpha value is -0.600. The van der Waals surface area contributed by atoms with Crippen LogP contribution in [0.2, 0.25) is 5.15 Å². The van der Waals surface area contributed by atoms with Gasteiger partial charge in [-0.3, -0.25) is 4.90 Å². The summed E-state index contributed by atoms with van der Waals surface area (Å²) in [4.78, 5) is 6.82. The SMILES string of the molecule is CCCN1CCCC1c1cnc(Cl)c(C)c1. The Morgan fingerprint density at radius 1 is 1.56 bits per heavy atom. The number of hydrogen-bond donors (Lipinski definition) is 0. The molecule has 2 nitrogen and oxygen atoms in total. The molecule has 0 spiro atoms. The highest BCUT2D eigenvalue weighted by atomic mass is 35.5. The zero-order valence-corrected chi connectivity index (χ0v) is 10.8. The Morgan fingerprint density at radius 2 is 2.38 bits per heavy atom. The summed E-state index contributed by atoms with van der Waals surface area (Å²) in [5.41, 5.74) is 2.41. The molecule has 2 rings (SSSR count). The van der Waals surface area contributed by atoms with Crippen molar-refractivity contribution in [1.82, 2.24) is 9.88 Å². The molecule has 0 radical (unpaired) electrons. The van der Waals surface area contributed by atoms with Crippen LogP contribution in [0.25, 0.3) is 0 Å². The molecular weight excluding hydrogens is 220 g/mol. The fraction of sp³-hybridized carbons (Fsp3) is 0.615. The maximum Gasteiger partial charge on any atom is 0.131 e. The van der Waals surface area contributed by atoms with E-state index in [1.807, 2.05) is 13.1 Å². The van der Waals surface area contributed by atoms with Crippen molar-refractivity contribution < 1.29 is 0 Å². The van der Waals surface area contributed by atoms with Crippen molar-refractivity contribution in [3.8, 4) is 0 Å². The number of hydrogen-bond acceptors (Lipinski definition) is 2. The standard InChI is InChI=1S/C13H19ClN2/c1-3-6-16-7-4-5-12(16)11-8-10(2)13(14)15-9-11/h8-9,12H,3-7H2,1-2H3. The van der Waals surface area contributed by atoms with Gasteiger partial charge in [-0.1, -0.05) is 18.5 Å². The van der Waals surface area contributed by atoms with Crippen LogP contribution in [0.5, 0.6) is 0 Å². The van der Waals surface area contributed by atoms with Gasteiger partial charge in [0.1, 0.15) is 5.15 Å². The number of aromatic nitrogens is 1. The third kappa shape index (κ3) is 2.38. The maximum absolute atomic E-state index is 5.96. The Kier molecular flexibility index (Phi) is 3.82. The molecule has 0 aliphatic carbocycles. The molecule has 1 aliphatic rings. The van der Waals surface area contributed by atoms with Gasteiger partial charge < -0.3 is 0 Å². The number of aryl methyl sites for hydroxylation is 1. The first-order valence-electron chi connectivity index (χ1n) is 6.08. The van der Waals surface area contributed by atoms with Crippen LogP contribution in [0, 0.1) is 6.92 Å². The molecule has 1 unspecified atom stereocenters. The monoisotopic (exact) mass is 238 g/mol. The number of rotatable bonds is 3. The van der Waals surface area contributed by atoms with Crippen molar-refractivity contribution in [3.63, 3.8) is 0 Å². The van der Waals surface area contributed by atoms with Gasteiger partial charge in [0, 0.05) is 12.2 Å². The Bertz CT molecular complexity index is 365. The molecule has 1 aromatic heterocycles. The molecule has 16 heavy (non-hydrogen) atoms. The summed E-state index contributed by atoms with van der Waals surface area (Å²) < 4.78 is 0. The van der Waals surface area contributed by atoms with Crippen molar-refractivity contribution >= 4 is 11.6 Å². The van der Waals surface area contributed by atoms with Crippen LogP contribution in [0.4, 0.5) is 0 Å². The minimum Gasteiger partial charge on any atom is -0.296 e. The van der Waals surface area contributed by atoms with E-state index < -0.39 is 0 Å². The predicted molar refractivity (Wildman–Crippen MR) is 67.8 cm³/mol. The van der Waals surface area contributed by atoms with Gasteiger partial charge in [0.15, 0.2) is 0 Å². The molecule has 1 atom stereocenters. The summed E-state index contributed by atoms with van der Waals surface area (Å²) in [7, 11) is 0. The molecule has 0 bridgehead atoms. The van der Waals surface area contributed by atoms with Crippen LogP contribution < -0.4 is 0 Å². The third-order valence-electron chi connectivity index (χ3n) is 3.29. The lowest BCUT2D eigenvalue weighted by atomic mass is 10.1. The normalized spacial score (nSPS) is 21.6. The van der Waals surface area contributed by atoms with E-state index >= 15 is 0 Å². The summed E-state index contributed by atoms with van der Waals surface area (Å²) in [6, 6.07) is 2.75. The first kappa shape index (κ1) is 11.9. The lowest BCUT2D eigenvalue weighted by molar-refractivity contribution is 0.257. The second-order valence-electron chi connectivity index (χ2n) is 4.57. The number of pyridine rings is 1. The second kappa shape index (κ2) is 5.15. The van der Waals surface area contributed by atoms with Gasteiger partial charge in [-0.05, 0) is 56.5 Å². The third-order valence-corrected chi connectivity index (χ3v) is 3.69. The average Bonchev–Trinajstić information content (AvgIpc) is 2.71. The minimum atomic E-state index is 0.559. The Balaban J connectivity index is 2.19. The molecule has 88 valence electrons. The van der Waals surface area contributed by atoms with Crippen LogP contribution in [0.1, 0.15) is 43.4 Å². The summed E-state index contributed by atoms with van der Waals surface area (Å²) in [5.74, 6) is 0. The van der Waals surface area contributed by atoms with E-state index in [2.05, 4.69) is 22.9 Å². The van der Waals surface area contributed by atoms with Crippen molar-refractivity contribution in [1.29, 1.82) is 0 Å². The Morgan fingerprint density at radius 3 is 3.06 bits per heavy atom. The fourth-order valence-electron chi connectivity index (χ4n) is 2.52. The number of likely N-dealkylation sites (tertiary alicyclic amines) is 1. The van der Waals surface area contributed by atoms with E-state index in [-0.39, 0.29) is 0 Å². The summed E-state index contributed by atoms with van der Waals surface area (Å²) in [6.45, 7) is 6.67. The van der Waals surface area contributed by atoms with Crippen LogP contribution in [-0.2, 0) is 0 Å².